The molecular formula is C15H17NO3. The van der Waals surface area contributed by atoms with Crippen LogP contribution in [0.3, 0.4) is 0 Å². The van der Waals surface area contributed by atoms with E-state index in [1.54, 1.807) is 11.9 Å². The highest BCUT2D eigenvalue weighted by Gasteiger charge is 2.19. The van der Waals surface area contributed by atoms with Crippen LogP contribution >= 0.6 is 0 Å². The van der Waals surface area contributed by atoms with Crippen LogP contribution in [-0.2, 0) is 4.79 Å². The number of amides is 1. The molecule has 1 aromatic carbocycles. The van der Waals surface area contributed by atoms with Gasteiger partial charge in [-0.3, -0.25) is 4.79 Å². The van der Waals surface area contributed by atoms with E-state index >= 15 is 0 Å². The van der Waals surface area contributed by atoms with Crippen molar-refractivity contribution >= 4 is 11.6 Å². The van der Waals surface area contributed by atoms with Gasteiger partial charge in [0.1, 0.15) is 5.75 Å². The van der Waals surface area contributed by atoms with E-state index in [0.717, 1.165) is 11.3 Å². The van der Waals surface area contributed by atoms with E-state index in [1.807, 2.05) is 18.2 Å². The molecule has 0 saturated heterocycles. The predicted octanol–water partition coefficient (Wildman–Crippen LogP) is 1.56. The van der Waals surface area contributed by atoms with Crippen molar-refractivity contribution in [3.63, 3.8) is 0 Å². The van der Waals surface area contributed by atoms with Crippen molar-refractivity contribution in [2.24, 2.45) is 0 Å². The zero-order valence-electron chi connectivity index (χ0n) is 11.0. The van der Waals surface area contributed by atoms with Crippen molar-refractivity contribution in [1.29, 1.82) is 0 Å². The first kappa shape index (κ1) is 13.4. The van der Waals surface area contributed by atoms with Crippen LogP contribution in [-0.4, -0.2) is 31.3 Å². The molecule has 1 aromatic rings. The standard InChI is InChI=1S/C15H17NO3/c1-16-13-11-12(5-3-2-4-9-17)6-7-14(13)19-10-8-15(16)18/h6-7,11,17H,2,4,8-10H2,1H3. The Morgan fingerprint density at radius 2 is 2.32 bits per heavy atom. The molecule has 0 saturated carbocycles. The van der Waals surface area contributed by atoms with Crippen LogP contribution in [0.2, 0.25) is 0 Å². The molecule has 19 heavy (non-hydrogen) atoms. The highest BCUT2D eigenvalue weighted by molar-refractivity contribution is 5.95. The fraction of sp³-hybridized carbons (Fsp3) is 0.400. The molecule has 0 unspecified atom stereocenters. The minimum absolute atomic E-state index is 0.0455. The normalized spacial score (nSPS) is 14.0. The van der Waals surface area contributed by atoms with E-state index in [4.69, 9.17) is 9.84 Å². The molecule has 1 heterocycles. The quantitative estimate of drug-likeness (QED) is 0.647. The lowest BCUT2D eigenvalue weighted by Gasteiger charge is -2.16. The van der Waals surface area contributed by atoms with Crippen LogP contribution in [0.25, 0.3) is 0 Å². The van der Waals surface area contributed by atoms with Gasteiger partial charge in [-0.05, 0) is 24.6 Å². The number of unbranched alkanes of at least 4 members (excludes halogenated alkanes) is 1. The van der Waals surface area contributed by atoms with Crippen LogP contribution in [0.5, 0.6) is 5.75 Å². The zero-order valence-corrected chi connectivity index (χ0v) is 11.0. The van der Waals surface area contributed by atoms with E-state index in [0.29, 0.717) is 31.6 Å². The Morgan fingerprint density at radius 1 is 1.47 bits per heavy atom. The summed E-state index contributed by atoms with van der Waals surface area (Å²) in [6.45, 7) is 0.571. The largest absolute Gasteiger partial charge is 0.491 e. The van der Waals surface area contributed by atoms with Gasteiger partial charge in [-0.2, -0.15) is 0 Å². The van der Waals surface area contributed by atoms with Crippen LogP contribution in [0, 0.1) is 11.8 Å². The molecule has 0 aromatic heterocycles. The number of carbonyl (C=O) groups is 1. The molecule has 1 N–H and O–H groups in total. The van der Waals surface area contributed by atoms with Crippen LogP contribution in [0.15, 0.2) is 18.2 Å². The molecule has 0 fully saturated rings. The van der Waals surface area contributed by atoms with Gasteiger partial charge in [-0.25, -0.2) is 0 Å². The second-order valence-electron chi connectivity index (χ2n) is 4.36. The molecule has 4 heteroatoms. The average molecular weight is 259 g/mol. The van der Waals surface area contributed by atoms with Gasteiger partial charge in [0.05, 0.1) is 18.7 Å². The topological polar surface area (TPSA) is 49.8 Å². The molecule has 0 radical (unpaired) electrons. The lowest BCUT2D eigenvalue weighted by Crippen LogP contribution is -2.25. The average Bonchev–Trinajstić information content (AvgIpc) is 2.56. The minimum atomic E-state index is 0.0455. The van der Waals surface area contributed by atoms with Gasteiger partial charge in [0.2, 0.25) is 5.91 Å². The first-order valence-corrected chi connectivity index (χ1v) is 6.35. The number of hydrogen-bond donors (Lipinski definition) is 1. The third kappa shape index (κ3) is 3.27. The SMILES string of the molecule is CN1C(=O)CCOc2ccc(C#CCCCO)cc21. The fourth-order valence-corrected chi connectivity index (χ4v) is 1.86. The van der Waals surface area contributed by atoms with Gasteiger partial charge >= 0.3 is 0 Å². The Labute approximate surface area is 113 Å². The summed E-state index contributed by atoms with van der Waals surface area (Å²) >= 11 is 0. The van der Waals surface area contributed by atoms with Gasteiger partial charge in [0.15, 0.2) is 0 Å². The molecular weight excluding hydrogens is 242 g/mol. The van der Waals surface area contributed by atoms with Crippen molar-refractivity contribution in [2.75, 3.05) is 25.2 Å². The van der Waals surface area contributed by atoms with E-state index in [1.165, 1.54) is 0 Å². The fourth-order valence-electron chi connectivity index (χ4n) is 1.86. The zero-order chi connectivity index (χ0) is 13.7. The molecule has 1 amide bonds. The maximum atomic E-state index is 11.8. The Kier molecular flexibility index (Phi) is 4.43. The summed E-state index contributed by atoms with van der Waals surface area (Å²) in [6, 6.07) is 5.60. The van der Waals surface area contributed by atoms with Gasteiger partial charge < -0.3 is 14.7 Å². The summed E-state index contributed by atoms with van der Waals surface area (Å²) in [4.78, 5) is 13.4. The van der Waals surface area contributed by atoms with E-state index < -0.39 is 0 Å². The Hall–Kier alpha value is -1.99. The van der Waals surface area contributed by atoms with E-state index in [9.17, 15) is 4.79 Å². The van der Waals surface area contributed by atoms with Gasteiger partial charge in [-0.15, -0.1) is 0 Å². The first-order valence-electron chi connectivity index (χ1n) is 6.35. The number of aliphatic hydroxyl groups is 1. The van der Waals surface area contributed by atoms with Crippen LogP contribution < -0.4 is 9.64 Å². The molecule has 0 aliphatic carbocycles. The highest BCUT2D eigenvalue weighted by atomic mass is 16.5. The third-order valence-corrected chi connectivity index (χ3v) is 2.96. The lowest BCUT2D eigenvalue weighted by molar-refractivity contribution is -0.118. The molecule has 1 aliphatic heterocycles. The molecule has 0 bridgehead atoms. The van der Waals surface area contributed by atoms with Crippen molar-refractivity contribution in [1.82, 2.24) is 0 Å². The molecule has 0 spiro atoms. The summed E-state index contributed by atoms with van der Waals surface area (Å²) in [6.07, 6.45) is 1.74. The maximum Gasteiger partial charge on any atom is 0.230 e. The Morgan fingerprint density at radius 3 is 3.11 bits per heavy atom. The number of benzene rings is 1. The minimum Gasteiger partial charge on any atom is -0.491 e. The first-order chi connectivity index (χ1) is 9.22. The number of fused-ring (bicyclic) bond motifs is 1. The van der Waals surface area contributed by atoms with Crippen molar-refractivity contribution in [2.45, 2.75) is 19.3 Å². The smallest absolute Gasteiger partial charge is 0.230 e. The number of ether oxygens (including phenoxy) is 1. The lowest BCUT2D eigenvalue weighted by atomic mass is 10.1. The molecule has 2 rings (SSSR count). The third-order valence-electron chi connectivity index (χ3n) is 2.96. The number of nitrogens with zero attached hydrogens (tertiary/aromatic N) is 1. The summed E-state index contributed by atoms with van der Waals surface area (Å²) in [5.41, 5.74) is 1.61. The monoisotopic (exact) mass is 259 g/mol. The van der Waals surface area contributed by atoms with Crippen LogP contribution in [0.4, 0.5) is 5.69 Å². The number of rotatable bonds is 2. The number of carbonyl (C=O) groups excluding carboxylic acids is 1. The predicted molar refractivity (Wildman–Crippen MR) is 73.2 cm³/mol. The Balaban J connectivity index is 2.23. The summed E-state index contributed by atoms with van der Waals surface area (Å²) in [7, 11) is 1.75. The highest BCUT2D eigenvalue weighted by Crippen LogP contribution is 2.31. The van der Waals surface area contributed by atoms with Gasteiger partial charge in [0, 0.05) is 25.6 Å². The van der Waals surface area contributed by atoms with Gasteiger partial charge in [0.25, 0.3) is 0 Å². The summed E-state index contributed by atoms with van der Waals surface area (Å²) < 4.78 is 5.54. The van der Waals surface area contributed by atoms with Crippen molar-refractivity contribution < 1.29 is 14.6 Å². The second-order valence-corrected chi connectivity index (χ2v) is 4.36. The summed E-state index contributed by atoms with van der Waals surface area (Å²) in [5, 5.41) is 8.69. The summed E-state index contributed by atoms with van der Waals surface area (Å²) in [5.74, 6) is 6.79. The van der Waals surface area contributed by atoms with E-state index in [2.05, 4.69) is 11.8 Å². The van der Waals surface area contributed by atoms with Crippen molar-refractivity contribution in [3.05, 3.63) is 23.8 Å². The maximum absolute atomic E-state index is 11.8. The molecule has 1 aliphatic rings. The Bertz CT molecular complexity index is 528. The number of anilines is 1. The van der Waals surface area contributed by atoms with Crippen LogP contribution in [0.1, 0.15) is 24.8 Å². The molecule has 100 valence electrons. The number of hydrogen-bond acceptors (Lipinski definition) is 3. The molecule has 4 nitrogen and oxygen atoms in total. The van der Waals surface area contributed by atoms with E-state index in [-0.39, 0.29) is 12.5 Å². The molecule has 0 atom stereocenters. The number of aliphatic hydroxyl groups excluding tert-OH is 1. The van der Waals surface area contributed by atoms with Gasteiger partial charge in [-0.1, -0.05) is 11.8 Å². The second kappa shape index (κ2) is 6.26. The van der Waals surface area contributed by atoms with Crippen molar-refractivity contribution in [3.8, 4) is 17.6 Å².